The lowest BCUT2D eigenvalue weighted by atomic mass is 9.88. The largest absolute Gasteiger partial charge is 0.480 e. The number of carbonyl (C=O) groups is 1. The van der Waals surface area contributed by atoms with Gasteiger partial charge in [-0.3, -0.25) is 4.79 Å². The number of hydrogen-bond acceptors (Lipinski definition) is 3. The molecule has 4 nitrogen and oxygen atoms in total. The molecule has 1 aromatic carbocycles. The number of hydrogen-bond donors (Lipinski definition) is 2. The number of furan rings is 1. The van der Waals surface area contributed by atoms with E-state index in [1.165, 1.54) is 0 Å². The zero-order valence-electron chi connectivity index (χ0n) is 9.22. The van der Waals surface area contributed by atoms with Gasteiger partial charge in [-0.05, 0) is 36.6 Å². The Bertz CT molecular complexity index is 583. The Morgan fingerprint density at radius 3 is 2.82 bits per heavy atom. The van der Waals surface area contributed by atoms with Gasteiger partial charge in [0.15, 0.2) is 0 Å². The first-order chi connectivity index (χ1) is 8.13. The van der Waals surface area contributed by atoms with Crippen LogP contribution in [0.4, 0.5) is 0 Å². The van der Waals surface area contributed by atoms with Crippen LogP contribution in [-0.2, 0) is 10.2 Å². The van der Waals surface area contributed by atoms with E-state index in [2.05, 4.69) is 0 Å². The summed E-state index contributed by atoms with van der Waals surface area (Å²) in [7, 11) is 0. The van der Waals surface area contributed by atoms with Crippen molar-refractivity contribution in [3.63, 3.8) is 0 Å². The molecule has 1 heterocycles. The average Bonchev–Trinajstić information content (AvgIpc) is 2.99. The Balaban J connectivity index is 2.06. The molecule has 1 aliphatic rings. The number of fused-ring (bicyclic) bond motifs is 1. The van der Waals surface area contributed by atoms with E-state index in [4.69, 9.17) is 15.3 Å². The van der Waals surface area contributed by atoms with Crippen molar-refractivity contribution in [1.29, 1.82) is 0 Å². The van der Waals surface area contributed by atoms with Crippen molar-refractivity contribution >= 4 is 16.9 Å². The first-order valence-electron chi connectivity index (χ1n) is 5.60. The highest BCUT2D eigenvalue weighted by molar-refractivity contribution is 5.81. The van der Waals surface area contributed by atoms with Crippen molar-refractivity contribution in [1.82, 2.24) is 0 Å². The van der Waals surface area contributed by atoms with Crippen LogP contribution in [0.2, 0.25) is 0 Å². The lowest BCUT2D eigenvalue weighted by molar-refractivity contribution is -0.139. The van der Waals surface area contributed by atoms with Crippen LogP contribution in [-0.4, -0.2) is 17.1 Å². The highest BCUT2D eigenvalue weighted by atomic mass is 16.4. The highest BCUT2D eigenvalue weighted by Crippen LogP contribution is 2.50. The highest BCUT2D eigenvalue weighted by Gasteiger charge is 2.52. The zero-order chi connectivity index (χ0) is 12.0. The Morgan fingerprint density at radius 2 is 2.18 bits per heavy atom. The predicted octanol–water partition coefficient (Wildman–Crippen LogP) is 1.88. The minimum absolute atomic E-state index is 0.378. The third-order valence-electron chi connectivity index (χ3n) is 3.68. The van der Waals surface area contributed by atoms with Gasteiger partial charge < -0.3 is 15.3 Å². The quantitative estimate of drug-likeness (QED) is 0.845. The monoisotopic (exact) mass is 231 g/mol. The number of carboxylic acids is 1. The SMILES string of the molecule is NC(C(=O)O)C1(c2ccc3occc3c2)CC1. The summed E-state index contributed by atoms with van der Waals surface area (Å²) in [6, 6.07) is 6.82. The average molecular weight is 231 g/mol. The van der Waals surface area contributed by atoms with E-state index in [0.717, 1.165) is 29.4 Å². The summed E-state index contributed by atoms with van der Waals surface area (Å²) in [6.07, 6.45) is 3.30. The summed E-state index contributed by atoms with van der Waals surface area (Å²) in [6.45, 7) is 0. The first-order valence-corrected chi connectivity index (χ1v) is 5.60. The molecule has 1 saturated carbocycles. The molecule has 0 radical (unpaired) electrons. The van der Waals surface area contributed by atoms with Gasteiger partial charge in [0, 0.05) is 10.8 Å². The lowest BCUT2D eigenvalue weighted by Gasteiger charge is -2.20. The molecular weight excluding hydrogens is 218 g/mol. The van der Waals surface area contributed by atoms with Gasteiger partial charge in [-0.1, -0.05) is 6.07 Å². The Labute approximate surface area is 98.0 Å². The summed E-state index contributed by atoms with van der Waals surface area (Å²) in [5.74, 6) is -0.935. The molecule has 1 unspecified atom stereocenters. The molecule has 1 aromatic heterocycles. The van der Waals surface area contributed by atoms with E-state index in [1.807, 2.05) is 24.3 Å². The van der Waals surface area contributed by atoms with Crippen molar-refractivity contribution in [3.05, 3.63) is 36.1 Å². The maximum atomic E-state index is 11.0. The molecule has 1 atom stereocenters. The maximum Gasteiger partial charge on any atom is 0.321 e. The van der Waals surface area contributed by atoms with Crippen LogP contribution in [0, 0.1) is 0 Å². The lowest BCUT2D eigenvalue weighted by Crippen LogP contribution is -2.41. The van der Waals surface area contributed by atoms with Gasteiger partial charge in [0.25, 0.3) is 0 Å². The van der Waals surface area contributed by atoms with E-state index in [9.17, 15) is 4.79 Å². The molecule has 0 aliphatic heterocycles. The van der Waals surface area contributed by atoms with Crippen molar-refractivity contribution < 1.29 is 14.3 Å². The molecule has 0 spiro atoms. The second-order valence-corrected chi connectivity index (χ2v) is 4.65. The molecule has 2 aromatic rings. The van der Waals surface area contributed by atoms with Crippen LogP contribution < -0.4 is 5.73 Å². The fourth-order valence-corrected chi connectivity index (χ4v) is 2.43. The Kier molecular flexibility index (Phi) is 2.03. The van der Waals surface area contributed by atoms with Crippen LogP contribution in [0.5, 0.6) is 0 Å². The standard InChI is InChI=1S/C13H13NO3/c14-11(12(15)16)13(4-5-13)9-1-2-10-8(7-9)3-6-17-10/h1-3,6-7,11H,4-5,14H2,(H,15,16). The van der Waals surface area contributed by atoms with Crippen molar-refractivity contribution in [2.24, 2.45) is 5.73 Å². The van der Waals surface area contributed by atoms with Crippen LogP contribution in [0.15, 0.2) is 34.9 Å². The smallest absolute Gasteiger partial charge is 0.321 e. The molecule has 1 aliphatic carbocycles. The van der Waals surface area contributed by atoms with Gasteiger partial charge in [0.1, 0.15) is 11.6 Å². The van der Waals surface area contributed by atoms with Crippen molar-refractivity contribution in [3.8, 4) is 0 Å². The molecule has 0 bridgehead atoms. The van der Waals surface area contributed by atoms with Gasteiger partial charge in [0.05, 0.1) is 6.26 Å². The summed E-state index contributed by atoms with van der Waals surface area (Å²) < 4.78 is 5.27. The fourth-order valence-electron chi connectivity index (χ4n) is 2.43. The van der Waals surface area contributed by atoms with Crippen LogP contribution in [0.3, 0.4) is 0 Å². The minimum Gasteiger partial charge on any atom is -0.480 e. The van der Waals surface area contributed by atoms with Crippen LogP contribution >= 0.6 is 0 Å². The molecule has 0 saturated heterocycles. The van der Waals surface area contributed by atoms with E-state index in [-0.39, 0.29) is 5.41 Å². The zero-order valence-corrected chi connectivity index (χ0v) is 9.22. The first kappa shape index (κ1) is 10.4. The van der Waals surface area contributed by atoms with Gasteiger partial charge in [-0.25, -0.2) is 0 Å². The van der Waals surface area contributed by atoms with E-state index >= 15 is 0 Å². The molecule has 3 rings (SSSR count). The number of aliphatic carboxylic acids is 1. The molecule has 1 fully saturated rings. The van der Waals surface area contributed by atoms with Gasteiger partial charge in [-0.2, -0.15) is 0 Å². The fraction of sp³-hybridized carbons (Fsp3) is 0.308. The summed E-state index contributed by atoms with van der Waals surface area (Å²) in [5.41, 5.74) is 7.22. The summed E-state index contributed by atoms with van der Waals surface area (Å²) in [4.78, 5) is 11.0. The third-order valence-corrected chi connectivity index (χ3v) is 3.68. The molecule has 3 N–H and O–H groups in total. The minimum atomic E-state index is -0.935. The predicted molar refractivity (Wildman–Crippen MR) is 62.7 cm³/mol. The van der Waals surface area contributed by atoms with Gasteiger partial charge >= 0.3 is 5.97 Å². The normalized spacial score (nSPS) is 19.1. The number of benzene rings is 1. The molecule has 17 heavy (non-hydrogen) atoms. The maximum absolute atomic E-state index is 11.0. The number of nitrogens with two attached hydrogens (primary N) is 1. The molecule has 4 heteroatoms. The van der Waals surface area contributed by atoms with Crippen molar-refractivity contribution in [2.75, 3.05) is 0 Å². The topological polar surface area (TPSA) is 76.5 Å². The van der Waals surface area contributed by atoms with Crippen LogP contribution in [0.1, 0.15) is 18.4 Å². The Morgan fingerprint density at radius 1 is 1.41 bits per heavy atom. The van der Waals surface area contributed by atoms with Crippen LogP contribution in [0.25, 0.3) is 11.0 Å². The number of rotatable bonds is 3. The third kappa shape index (κ3) is 1.45. The molecule has 88 valence electrons. The second-order valence-electron chi connectivity index (χ2n) is 4.65. The second kappa shape index (κ2) is 3.34. The molecular formula is C13H13NO3. The Hall–Kier alpha value is -1.81. The summed E-state index contributed by atoms with van der Waals surface area (Å²) in [5, 5.41) is 10.0. The van der Waals surface area contributed by atoms with E-state index < -0.39 is 12.0 Å². The molecule has 0 amide bonds. The number of carboxylic acid groups (broad SMARTS) is 1. The van der Waals surface area contributed by atoms with E-state index in [1.54, 1.807) is 6.26 Å². The van der Waals surface area contributed by atoms with Gasteiger partial charge in [-0.15, -0.1) is 0 Å². The van der Waals surface area contributed by atoms with Crippen molar-refractivity contribution in [2.45, 2.75) is 24.3 Å². The van der Waals surface area contributed by atoms with Gasteiger partial charge in [0.2, 0.25) is 0 Å². The van der Waals surface area contributed by atoms with E-state index in [0.29, 0.717) is 0 Å². The summed E-state index contributed by atoms with van der Waals surface area (Å²) >= 11 is 0.